The third-order valence-corrected chi connectivity index (χ3v) is 2.51. The molecule has 0 N–H and O–H groups in total. The first-order valence-corrected chi connectivity index (χ1v) is 5.49. The van der Waals surface area contributed by atoms with Crippen molar-refractivity contribution in [3.63, 3.8) is 0 Å². The van der Waals surface area contributed by atoms with E-state index < -0.39 is 0 Å². The van der Waals surface area contributed by atoms with E-state index in [1.54, 1.807) is 12.1 Å². The molecular formula is C14H14O3. The van der Waals surface area contributed by atoms with Crippen LogP contribution in [0.4, 0.5) is 0 Å². The lowest BCUT2D eigenvalue weighted by Gasteiger charge is -2.06. The lowest BCUT2D eigenvalue weighted by molar-refractivity contribution is 0.325. The number of hydrogen-bond donors (Lipinski definition) is 0. The predicted octanol–water partition coefficient (Wildman–Crippen LogP) is 3.06. The lowest BCUT2D eigenvalue weighted by atomic mass is 10.1. The van der Waals surface area contributed by atoms with Crippen LogP contribution in [-0.2, 0) is 0 Å². The fourth-order valence-corrected chi connectivity index (χ4v) is 1.66. The molecule has 0 aliphatic heterocycles. The summed E-state index contributed by atoms with van der Waals surface area (Å²) >= 11 is 0. The van der Waals surface area contributed by atoms with Crippen LogP contribution in [0.15, 0.2) is 46.1 Å². The van der Waals surface area contributed by atoms with Crippen molar-refractivity contribution in [3.05, 3.63) is 52.9 Å². The third-order valence-electron chi connectivity index (χ3n) is 2.51. The molecule has 0 fully saturated rings. The molecule has 3 heteroatoms. The van der Waals surface area contributed by atoms with Gasteiger partial charge in [-0.05, 0) is 31.0 Å². The van der Waals surface area contributed by atoms with E-state index in [4.69, 9.17) is 9.15 Å². The fourth-order valence-electron chi connectivity index (χ4n) is 1.66. The molecule has 88 valence electrons. The first kappa shape index (κ1) is 11.5. The summed E-state index contributed by atoms with van der Waals surface area (Å²) in [6.07, 6.45) is 2.58. The molecule has 1 aromatic carbocycles. The molecule has 0 spiro atoms. The van der Waals surface area contributed by atoms with Crippen molar-refractivity contribution >= 4 is 11.0 Å². The van der Waals surface area contributed by atoms with Crippen LogP contribution >= 0.6 is 0 Å². The van der Waals surface area contributed by atoms with Gasteiger partial charge in [-0.1, -0.05) is 6.08 Å². The average Bonchev–Trinajstić information content (AvgIpc) is 2.28. The smallest absolute Gasteiger partial charge is 0.336 e. The Kier molecular flexibility index (Phi) is 3.28. The number of ether oxygens (including phenoxy) is 1. The summed E-state index contributed by atoms with van der Waals surface area (Å²) in [7, 11) is 0. The second-order valence-corrected chi connectivity index (χ2v) is 3.83. The van der Waals surface area contributed by atoms with Crippen LogP contribution in [0.25, 0.3) is 11.0 Å². The Labute approximate surface area is 99.3 Å². The van der Waals surface area contributed by atoms with Gasteiger partial charge in [0, 0.05) is 17.5 Å². The zero-order valence-corrected chi connectivity index (χ0v) is 9.73. The first-order valence-electron chi connectivity index (χ1n) is 5.49. The van der Waals surface area contributed by atoms with Gasteiger partial charge in [-0.3, -0.25) is 0 Å². The highest BCUT2D eigenvalue weighted by molar-refractivity contribution is 5.81. The molecule has 3 nitrogen and oxygen atoms in total. The molecule has 1 heterocycles. The van der Waals surface area contributed by atoms with Crippen LogP contribution < -0.4 is 10.4 Å². The van der Waals surface area contributed by atoms with E-state index in [1.807, 2.05) is 19.1 Å². The van der Waals surface area contributed by atoms with Crippen LogP contribution in [0, 0.1) is 6.92 Å². The molecule has 0 radical (unpaired) electrons. The topological polar surface area (TPSA) is 39.4 Å². The molecule has 0 atom stereocenters. The summed E-state index contributed by atoms with van der Waals surface area (Å²) in [5.74, 6) is 0.702. The summed E-state index contributed by atoms with van der Waals surface area (Å²) in [4.78, 5) is 11.3. The van der Waals surface area contributed by atoms with Gasteiger partial charge in [-0.2, -0.15) is 0 Å². The van der Waals surface area contributed by atoms with Gasteiger partial charge in [0.1, 0.15) is 11.3 Å². The molecule has 17 heavy (non-hydrogen) atoms. The maximum absolute atomic E-state index is 11.3. The maximum atomic E-state index is 11.3. The average molecular weight is 230 g/mol. The van der Waals surface area contributed by atoms with Gasteiger partial charge < -0.3 is 9.15 Å². The molecule has 0 saturated heterocycles. The van der Waals surface area contributed by atoms with Crippen molar-refractivity contribution in [1.29, 1.82) is 0 Å². The second kappa shape index (κ2) is 4.87. The van der Waals surface area contributed by atoms with Gasteiger partial charge in [0.05, 0.1) is 6.61 Å². The molecular weight excluding hydrogens is 216 g/mol. The quantitative estimate of drug-likeness (QED) is 0.460. The number of hydrogen-bond acceptors (Lipinski definition) is 3. The van der Waals surface area contributed by atoms with Crippen LogP contribution in [0.3, 0.4) is 0 Å². The molecule has 0 aliphatic rings. The Balaban J connectivity index is 2.36. The van der Waals surface area contributed by atoms with Gasteiger partial charge in [0.15, 0.2) is 0 Å². The first-order chi connectivity index (χ1) is 8.20. The summed E-state index contributed by atoms with van der Waals surface area (Å²) in [5, 5.41) is 0.931. The molecule has 0 aliphatic carbocycles. The minimum atomic E-state index is -0.335. The zero-order chi connectivity index (χ0) is 12.3. The van der Waals surface area contributed by atoms with E-state index in [1.165, 1.54) is 6.07 Å². The summed E-state index contributed by atoms with van der Waals surface area (Å²) < 4.78 is 10.6. The largest absolute Gasteiger partial charge is 0.493 e. The zero-order valence-electron chi connectivity index (χ0n) is 9.73. The normalized spacial score (nSPS) is 10.4. The predicted molar refractivity (Wildman–Crippen MR) is 67.5 cm³/mol. The molecule has 1 aromatic heterocycles. The van der Waals surface area contributed by atoms with Crippen molar-refractivity contribution in [2.24, 2.45) is 0 Å². The number of aryl methyl sites for hydroxylation is 1. The third kappa shape index (κ3) is 2.56. The summed E-state index contributed by atoms with van der Waals surface area (Å²) in [6, 6.07) is 7.00. The maximum Gasteiger partial charge on any atom is 0.336 e. The van der Waals surface area contributed by atoms with Gasteiger partial charge in [-0.15, -0.1) is 6.58 Å². The summed E-state index contributed by atoms with van der Waals surface area (Å²) in [5.41, 5.74) is 1.14. The van der Waals surface area contributed by atoms with Gasteiger partial charge >= 0.3 is 5.63 Å². The second-order valence-electron chi connectivity index (χ2n) is 3.83. The molecule has 2 aromatic rings. The minimum Gasteiger partial charge on any atom is -0.493 e. The highest BCUT2D eigenvalue weighted by Crippen LogP contribution is 2.22. The SMILES string of the molecule is C=CCCOc1ccc2c(C)cc(=O)oc2c1. The van der Waals surface area contributed by atoms with Gasteiger partial charge in [0.2, 0.25) is 0 Å². The van der Waals surface area contributed by atoms with Crippen LogP contribution in [0.2, 0.25) is 0 Å². The fraction of sp³-hybridized carbons (Fsp3) is 0.214. The van der Waals surface area contributed by atoms with Crippen LogP contribution in [0.1, 0.15) is 12.0 Å². The number of fused-ring (bicyclic) bond motifs is 1. The molecule has 0 unspecified atom stereocenters. The minimum absolute atomic E-state index is 0.335. The van der Waals surface area contributed by atoms with Crippen LogP contribution in [0.5, 0.6) is 5.75 Å². The van der Waals surface area contributed by atoms with E-state index in [9.17, 15) is 4.79 Å². The van der Waals surface area contributed by atoms with E-state index in [2.05, 4.69) is 6.58 Å². The van der Waals surface area contributed by atoms with Crippen molar-refractivity contribution in [1.82, 2.24) is 0 Å². The molecule has 0 bridgehead atoms. The van der Waals surface area contributed by atoms with Gasteiger partial charge in [0.25, 0.3) is 0 Å². The Morgan fingerprint density at radius 2 is 2.24 bits per heavy atom. The summed E-state index contributed by atoms with van der Waals surface area (Å²) in [6.45, 7) is 6.09. The molecule has 0 amide bonds. The number of benzene rings is 1. The lowest BCUT2D eigenvalue weighted by Crippen LogP contribution is -1.99. The van der Waals surface area contributed by atoms with E-state index >= 15 is 0 Å². The van der Waals surface area contributed by atoms with E-state index in [-0.39, 0.29) is 5.63 Å². The van der Waals surface area contributed by atoms with E-state index in [0.717, 1.165) is 17.4 Å². The van der Waals surface area contributed by atoms with Gasteiger partial charge in [-0.25, -0.2) is 4.79 Å². The van der Waals surface area contributed by atoms with Crippen molar-refractivity contribution in [2.45, 2.75) is 13.3 Å². The van der Waals surface area contributed by atoms with Crippen molar-refractivity contribution < 1.29 is 9.15 Å². The highest BCUT2D eigenvalue weighted by atomic mass is 16.5. The van der Waals surface area contributed by atoms with E-state index in [0.29, 0.717) is 17.9 Å². The highest BCUT2D eigenvalue weighted by Gasteiger charge is 2.03. The van der Waals surface area contributed by atoms with Crippen LogP contribution in [-0.4, -0.2) is 6.61 Å². The Morgan fingerprint density at radius 1 is 1.41 bits per heavy atom. The number of rotatable bonds is 4. The monoisotopic (exact) mass is 230 g/mol. The molecule has 2 rings (SSSR count). The van der Waals surface area contributed by atoms with Crippen molar-refractivity contribution in [2.75, 3.05) is 6.61 Å². The standard InChI is InChI=1S/C14H14O3/c1-3-4-7-16-11-5-6-12-10(2)8-14(15)17-13(12)9-11/h3,5-6,8-9H,1,4,7H2,2H3. The molecule has 0 saturated carbocycles. The van der Waals surface area contributed by atoms with Crippen molar-refractivity contribution in [3.8, 4) is 5.75 Å². The Hall–Kier alpha value is -2.03. The Morgan fingerprint density at radius 3 is 3.00 bits per heavy atom. The Bertz CT molecular complexity index is 596.